The Labute approximate surface area is 85.1 Å². The Morgan fingerprint density at radius 2 is 2.25 bits per heavy atom. The fourth-order valence-electron chi connectivity index (χ4n) is 1.09. The van der Waals surface area contributed by atoms with Crippen LogP contribution in [0.15, 0.2) is 16.6 Å². The van der Waals surface area contributed by atoms with E-state index in [2.05, 4.69) is 40.0 Å². The van der Waals surface area contributed by atoms with Crippen LogP contribution in [0.3, 0.4) is 0 Å². The predicted molar refractivity (Wildman–Crippen MR) is 56.5 cm³/mol. The van der Waals surface area contributed by atoms with Gasteiger partial charge in [-0.15, -0.1) is 11.8 Å². The summed E-state index contributed by atoms with van der Waals surface area (Å²) in [6.07, 6.45) is 0. The van der Waals surface area contributed by atoms with Crippen molar-refractivity contribution >= 4 is 27.7 Å². The summed E-state index contributed by atoms with van der Waals surface area (Å²) in [6.45, 7) is 4.28. The molecule has 2 heterocycles. The third-order valence-electron chi connectivity index (χ3n) is 2.14. The van der Waals surface area contributed by atoms with E-state index in [-0.39, 0.29) is 0 Å². The Morgan fingerprint density at radius 1 is 1.58 bits per heavy atom. The van der Waals surface area contributed by atoms with E-state index >= 15 is 0 Å². The van der Waals surface area contributed by atoms with Gasteiger partial charge in [-0.2, -0.15) is 0 Å². The van der Waals surface area contributed by atoms with Gasteiger partial charge in [0.05, 0.1) is 16.1 Å². The van der Waals surface area contributed by atoms with Gasteiger partial charge in [0, 0.05) is 10.2 Å². The van der Waals surface area contributed by atoms with Crippen LogP contribution in [0.2, 0.25) is 0 Å². The first-order valence-electron chi connectivity index (χ1n) is 3.89. The summed E-state index contributed by atoms with van der Waals surface area (Å²) in [5, 5.41) is 0. The van der Waals surface area contributed by atoms with Crippen molar-refractivity contribution in [2.45, 2.75) is 18.6 Å². The molecule has 0 radical (unpaired) electrons. The van der Waals surface area contributed by atoms with Gasteiger partial charge in [0.2, 0.25) is 0 Å². The molecule has 1 saturated heterocycles. The van der Waals surface area contributed by atoms with Crippen LogP contribution in [0.4, 0.5) is 0 Å². The minimum absolute atomic E-state index is 0.311. The molecule has 1 aromatic rings. The number of hydrogen-bond donors (Lipinski definition) is 0. The highest BCUT2D eigenvalue weighted by Gasteiger charge is 2.41. The second kappa shape index (κ2) is 2.74. The topological polar surface area (TPSA) is 12.9 Å². The molecule has 1 atom stereocenters. The third-order valence-corrected chi connectivity index (χ3v) is 4.34. The fraction of sp³-hybridized carbons (Fsp3) is 0.444. The maximum atomic E-state index is 4.54. The number of halogens is 1. The first-order chi connectivity index (χ1) is 5.62. The van der Waals surface area contributed by atoms with Gasteiger partial charge in [-0.1, -0.05) is 0 Å². The molecular formula is C9H10BrNS. The first kappa shape index (κ1) is 8.57. The van der Waals surface area contributed by atoms with Gasteiger partial charge in [-0.25, -0.2) is 0 Å². The quantitative estimate of drug-likeness (QED) is 0.704. The summed E-state index contributed by atoms with van der Waals surface area (Å²) in [4.78, 5) is 4.54. The second-order valence-corrected chi connectivity index (χ2v) is 5.62. The number of nitrogens with zero attached hydrogens (tertiary/aromatic N) is 1. The molecule has 1 unspecified atom stereocenters. The monoisotopic (exact) mass is 243 g/mol. The molecular weight excluding hydrogens is 234 g/mol. The van der Waals surface area contributed by atoms with E-state index in [0.717, 1.165) is 10.2 Å². The lowest BCUT2D eigenvalue weighted by molar-refractivity contribution is 0.828. The summed E-state index contributed by atoms with van der Waals surface area (Å²) in [5.41, 5.74) is 2.30. The van der Waals surface area contributed by atoms with E-state index in [9.17, 15) is 0 Å². The number of aryl methyl sites for hydroxylation is 1. The van der Waals surface area contributed by atoms with Crippen LogP contribution < -0.4 is 0 Å². The molecule has 1 nitrogen and oxygen atoms in total. The SMILES string of the molecule is Cc1nc(C2(C)CS2)ccc1Br. The Balaban J connectivity index is 2.41. The average Bonchev–Trinajstić information content (AvgIpc) is 2.75. The van der Waals surface area contributed by atoms with E-state index in [1.165, 1.54) is 11.4 Å². The van der Waals surface area contributed by atoms with Gasteiger partial charge in [-0.3, -0.25) is 4.98 Å². The maximum Gasteiger partial charge on any atom is 0.0643 e. The fourth-order valence-corrected chi connectivity index (χ4v) is 1.94. The van der Waals surface area contributed by atoms with Crippen molar-refractivity contribution in [3.05, 3.63) is 28.0 Å². The largest absolute Gasteiger partial charge is 0.255 e. The molecule has 2 rings (SSSR count). The smallest absolute Gasteiger partial charge is 0.0643 e. The van der Waals surface area contributed by atoms with E-state index < -0.39 is 0 Å². The Kier molecular flexibility index (Phi) is 1.96. The Morgan fingerprint density at radius 3 is 2.75 bits per heavy atom. The highest BCUT2D eigenvalue weighted by molar-refractivity contribution is 9.10. The predicted octanol–water partition coefficient (Wildman–Crippen LogP) is 3.11. The van der Waals surface area contributed by atoms with Crippen molar-refractivity contribution in [2.24, 2.45) is 0 Å². The van der Waals surface area contributed by atoms with Gasteiger partial charge in [-0.05, 0) is 41.9 Å². The van der Waals surface area contributed by atoms with Crippen molar-refractivity contribution in [3.63, 3.8) is 0 Å². The molecule has 12 heavy (non-hydrogen) atoms. The molecule has 0 spiro atoms. The number of pyridine rings is 1. The van der Waals surface area contributed by atoms with Crippen LogP contribution in [-0.4, -0.2) is 10.7 Å². The molecule has 0 aliphatic carbocycles. The second-order valence-electron chi connectivity index (χ2n) is 3.28. The van der Waals surface area contributed by atoms with E-state index in [4.69, 9.17) is 0 Å². The van der Waals surface area contributed by atoms with Gasteiger partial charge >= 0.3 is 0 Å². The molecule has 0 amide bonds. The maximum absolute atomic E-state index is 4.54. The zero-order chi connectivity index (χ0) is 8.77. The van der Waals surface area contributed by atoms with Crippen molar-refractivity contribution < 1.29 is 0 Å². The summed E-state index contributed by atoms with van der Waals surface area (Å²) in [6, 6.07) is 4.19. The minimum Gasteiger partial charge on any atom is -0.255 e. The highest BCUT2D eigenvalue weighted by atomic mass is 79.9. The zero-order valence-corrected chi connectivity index (χ0v) is 9.50. The normalized spacial score (nSPS) is 27.2. The molecule has 0 N–H and O–H groups in total. The molecule has 0 saturated carbocycles. The van der Waals surface area contributed by atoms with Crippen LogP contribution >= 0.6 is 27.7 Å². The van der Waals surface area contributed by atoms with E-state index in [0.29, 0.717) is 4.75 Å². The Bertz CT molecular complexity index is 320. The van der Waals surface area contributed by atoms with Crippen molar-refractivity contribution in [1.29, 1.82) is 0 Å². The lowest BCUT2D eigenvalue weighted by Gasteiger charge is -2.07. The van der Waals surface area contributed by atoms with Gasteiger partial charge < -0.3 is 0 Å². The molecule has 1 aliphatic heterocycles. The average molecular weight is 244 g/mol. The van der Waals surface area contributed by atoms with Gasteiger partial charge in [0.15, 0.2) is 0 Å². The van der Waals surface area contributed by atoms with E-state index in [1.807, 2.05) is 18.7 Å². The van der Waals surface area contributed by atoms with Gasteiger partial charge in [0.1, 0.15) is 0 Å². The number of thioether (sulfide) groups is 1. The summed E-state index contributed by atoms with van der Waals surface area (Å²) in [7, 11) is 0. The van der Waals surface area contributed by atoms with Crippen LogP contribution in [0.25, 0.3) is 0 Å². The molecule has 1 aromatic heterocycles. The van der Waals surface area contributed by atoms with E-state index in [1.54, 1.807) is 0 Å². The summed E-state index contributed by atoms with van der Waals surface area (Å²) in [5.74, 6) is 1.21. The molecule has 0 bridgehead atoms. The molecule has 0 aromatic carbocycles. The lowest BCUT2D eigenvalue weighted by Crippen LogP contribution is -2.04. The van der Waals surface area contributed by atoms with Crippen LogP contribution in [0.5, 0.6) is 0 Å². The van der Waals surface area contributed by atoms with Crippen molar-refractivity contribution in [3.8, 4) is 0 Å². The highest BCUT2D eigenvalue weighted by Crippen LogP contribution is 2.52. The first-order valence-corrected chi connectivity index (χ1v) is 5.67. The standard InChI is InChI=1S/C9H10BrNS/c1-6-7(10)3-4-8(11-6)9(2)5-12-9/h3-4H,5H2,1-2H3. The van der Waals surface area contributed by atoms with Crippen LogP contribution in [0.1, 0.15) is 18.3 Å². The summed E-state index contributed by atoms with van der Waals surface area (Å²) >= 11 is 5.41. The molecule has 3 heteroatoms. The van der Waals surface area contributed by atoms with Gasteiger partial charge in [0.25, 0.3) is 0 Å². The molecule has 64 valence electrons. The molecule has 1 fully saturated rings. The Hall–Kier alpha value is -0.0200. The third kappa shape index (κ3) is 1.40. The van der Waals surface area contributed by atoms with Crippen molar-refractivity contribution in [1.82, 2.24) is 4.98 Å². The lowest BCUT2D eigenvalue weighted by atomic mass is 10.1. The number of hydrogen-bond acceptors (Lipinski definition) is 2. The van der Waals surface area contributed by atoms with Crippen LogP contribution in [-0.2, 0) is 4.75 Å². The zero-order valence-electron chi connectivity index (χ0n) is 7.10. The number of aromatic nitrogens is 1. The molecule has 1 aliphatic rings. The van der Waals surface area contributed by atoms with Crippen LogP contribution in [0, 0.1) is 6.92 Å². The summed E-state index contributed by atoms with van der Waals surface area (Å²) < 4.78 is 1.41. The minimum atomic E-state index is 0.311. The van der Waals surface area contributed by atoms with Crippen molar-refractivity contribution in [2.75, 3.05) is 5.75 Å². The number of rotatable bonds is 1.